The molecule has 4 rings (SSSR count). The molecule has 6 nitrogen and oxygen atoms in total. The van der Waals surface area contributed by atoms with Gasteiger partial charge in [-0.15, -0.1) is 0 Å². The van der Waals surface area contributed by atoms with Gasteiger partial charge in [0.1, 0.15) is 11.6 Å². The molecular weight excluding hydrogens is 342 g/mol. The van der Waals surface area contributed by atoms with E-state index in [2.05, 4.69) is 17.3 Å². The minimum absolute atomic E-state index is 0.00845. The number of hydrogen-bond acceptors (Lipinski definition) is 4. The summed E-state index contributed by atoms with van der Waals surface area (Å²) in [4.78, 5) is 30.8. The standard InChI is InChI=1S/C21H29N3O3/c1-23-11-9-21(10-12-23)20(26)22-18(14-16-6-3-2-4-7-16)19(25)24(21)15-17-8-5-13-27-17/h2-4,6-7,17-18H,5,8-15H2,1H3,(H,22,26). The molecule has 2 amide bonds. The van der Waals surface area contributed by atoms with Gasteiger partial charge >= 0.3 is 0 Å². The lowest BCUT2D eigenvalue weighted by Gasteiger charge is -2.51. The number of rotatable bonds is 4. The zero-order chi connectivity index (χ0) is 18.9. The highest BCUT2D eigenvalue weighted by Crippen LogP contribution is 2.34. The minimum Gasteiger partial charge on any atom is -0.376 e. The first-order valence-corrected chi connectivity index (χ1v) is 10.0. The Kier molecular flexibility index (Phi) is 5.19. The van der Waals surface area contributed by atoms with E-state index in [0.29, 0.717) is 25.8 Å². The summed E-state index contributed by atoms with van der Waals surface area (Å²) in [5.74, 6) is 0.0487. The number of piperazine rings is 1. The van der Waals surface area contributed by atoms with Crippen LogP contribution in [0.4, 0.5) is 0 Å². The second kappa shape index (κ2) is 7.60. The summed E-state index contributed by atoms with van der Waals surface area (Å²) in [6.45, 7) is 2.93. The van der Waals surface area contributed by atoms with Gasteiger partial charge in [-0.05, 0) is 38.3 Å². The van der Waals surface area contributed by atoms with Crippen molar-refractivity contribution in [3.05, 3.63) is 35.9 Å². The van der Waals surface area contributed by atoms with Crippen molar-refractivity contribution in [3.8, 4) is 0 Å². The molecule has 0 bridgehead atoms. The van der Waals surface area contributed by atoms with Gasteiger partial charge in [0.2, 0.25) is 11.8 Å². The lowest BCUT2D eigenvalue weighted by molar-refractivity contribution is -0.163. The first-order valence-electron chi connectivity index (χ1n) is 10.0. The maximum absolute atomic E-state index is 13.5. The lowest BCUT2D eigenvalue weighted by Crippen LogP contribution is -2.73. The molecular formula is C21H29N3O3. The average molecular weight is 371 g/mol. The van der Waals surface area contributed by atoms with Crippen LogP contribution in [0.5, 0.6) is 0 Å². The Balaban J connectivity index is 1.59. The Morgan fingerprint density at radius 3 is 2.59 bits per heavy atom. The topological polar surface area (TPSA) is 61.9 Å². The van der Waals surface area contributed by atoms with Gasteiger partial charge in [-0.1, -0.05) is 30.3 Å². The lowest BCUT2D eigenvalue weighted by atomic mass is 9.81. The summed E-state index contributed by atoms with van der Waals surface area (Å²) < 4.78 is 5.81. The van der Waals surface area contributed by atoms with Gasteiger partial charge < -0.3 is 19.9 Å². The van der Waals surface area contributed by atoms with Crippen LogP contribution in [-0.2, 0) is 20.7 Å². The normalized spacial score (nSPS) is 28.6. The van der Waals surface area contributed by atoms with E-state index in [-0.39, 0.29) is 17.9 Å². The van der Waals surface area contributed by atoms with Gasteiger partial charge in [-0.25, -0.2) is 0 Å². The quantitative estimate of drug-likeness (QED) is 0.864. The summed E-state index contributed by atoms with van der Waals surface area (Å²) >= 11 is 0. The third kappa shape index (κ3) is 3.60. The zero-order valence-electron chi connectivity index (χ0n) is 16.0. The number of likely N-dealkylation sites (tertiary alicyclic amines) is 1. The molecule has 2 unspecified atom stereocenters. The van der Waals surface area contributed by atoms with Crippen LogP contribution >= 0.6 is 0 Å². The number of nitrogens with one attached hydrogen (secondary N) is 1. The molecule has 0 aromatic heterocycles. The number of hydrogen-bond donors (Lipinski definition) is 1. The van der Waals surface area contributed by atoms with Crippen LogP contribution in [0.15, 0.2) is 30.3 Å². The van der Waals surface area contributed by atoms with Crippen molar-refractivity contribution < 1.29 is 14.3 Å². The van der Waals surface area contributed by atoms with Crippen molar-refractivity contribution in [1.82, 2.24) is 15.1 Å². The SMILES string of the molecule is CN1CCC2(CC1)C(=O)NC(Cc1ccccc1)C(=O)N2CC1CCCO1. The second-order valence-corrected chi connectivity index (χ2v) is 8.13. The molecule has 0 radical (unpaired) electrons. The molecule has 1 N–H and O–H groups in total. The van der Waals surface area contributed by atoms with Crippen LogP contribution in [0, 0.1) is 0 Å². The molecule has 1 spiro atoms. The zero-order valence-corrected chi connectivity index (χ0v) is 16.0. The Morgan fingerprint density at radius 2 is 1.93 bits per heavy atom. The van der Waals surface area contributed by atoms with Crippen molar-refractivity contribution >= 4 is 11.8 Å². The van der Waals surface area contributed by atoms with E-state index in [9.17, 15) is 9.59 Å². The second-order valence-electron chi connectivity index (χ2n) is 8.13. The molecule has 1 aromatic rings. The van der Waals surface area contributed by atoms with E-state index in [1.54, 1.807) is 0 Å². The number of amides is 2. The highest BCUT2D eigenvalue weighted by atomic mass is 16.5. The predicted octanol–water partition coefficient (Wildman–Crippen LogP) is 1.20. The molecule has 3 aliphatic heterocycles. The van der Waals surface area contributed by atoms with Crippen LogP contribution in [0.25, 0.3) is 0 Å². The van der Waals surface area contributed by atoms with Crippen LogP contribution in [0.3, 0.4) is 0 Å². The van der Waals surface area contributed by atoms with E-state index < -0.39 is 11.6 Å². The Bertz CT molecular complexity index is 679. The number of piperidine rings is 1. The number of ether oxygens (including phenoxy) is 1. The van der Waals surface area contributed by atoms with Crippen molar-refractivity contribution in [2.24, 2.45) is 0 Å². The fourth-order valence-electron chi connectivity index (χ4n) is 4.61. The fraction of sp³-hybridized carbons (Fsp3) is 0.619. The van der Waals surface area contributed by atoms with Crippen LogP contribution in [0.2, 0.25) is 0 Å². The molecule has 27 heavy (non-hydrogen) atoms. The molecule has 146 valence electrons. The van der Waals surface area contributed by atoms with Crippen molar-refractivity contribution in [2.45, 2.75) is 49.8 Å². The molecule has 3 heterocycles. The van der Waals surface area contributed by atoms with Gasteiger partial charge in [0, 0.05) is 32.7 Å². The molecule has 1 aromatic carbocycles. The maximum atomic E-state index is 13.5. The Morgan fingerprint density at radius 1 is 1.19 bits per heavy atom. The van der Waals surface area contributed by atoms with E-state index >= 15 is 0 Å². The molecule has 0 saturated carbocycles. The Hall–Kier alpha value is -1.92. The molecule has 0 aliphatic carbocycles. The number of nitrogens with zero attached hydrogens (tertiary/aromatic N) is 2. The number of carbonyl (C=O) groups is 2. The van der Waals surface area contributed by atoms with Crippen LogP contribution in [-0.4, -0.2) is 72.6 Å². The molecule has 2 atom stereocenters. The van der Waals surface area contributed by atoms with Crippen LogP contribution in [0.1, 0.15) is 31.2 Å². The summed E-state index contributed by atoms with van der Waals surface area (Å²) in [6.07, 6.45) is 3.95. The monoisotopic (exact) mass is 371 g/mol. The minimum atomic E-state index is -0.720. The first-order chi connectivity index (χ1) is 13.1. The third-order valence-electron chi connectivity index (χ3n) is 6.32. The van der Waals surface area contributed by atoms with Gasteiger partial charge in [-0.3, -0.25) is 9.59 Å². The summed E-state index contributed by atoms with van der Waals surface area (Å²) in [5.41, 5.74) is 0.343. The fourth-order valence-corrected chi connectivity index (χ4v) is 4.61. The number of carbonyl (C=O) groups excluding carboxylic acids is 2. The largest absolute Gasteiger partial charge is 0.376 e. The first kappa shape index (κ1) is 18.4. The average Bonchev–Trinajstić information content (AvgIpc) is 3.19. The van der Waals surface area contributed by atoms with E-state index in [1.807, 2.05) is 35.2 Å². The van der Waals surface area contributed by atoms with Crippen molar-refractivity contribution in [1.29, 1.82) is 0 Å². The summed E-state index contributed by atoms with van der Waals surface area (Å²) in [5, 5.41) is 3.06. The third-order valence-corrected chi connectivity index (χ3v) is 6.32. The van der Waals surface area contributed by atoms with Crippen molar-refractivity contribution in [2.75, 3.05) is 33.3 Å². The highest BCUT2D eigenvalue weighted by Gasteiger charge is 2.53. The number of benzene rings is 1. The highest BCUT2D eigenvalue weighted by molar-refractivity contribution is 6.00. The predicted molar refractivity (Wildman–Crippen MR) is 102 cm³/mol. The molecule has 3 saturated heterocycles. The molecule has 6 heteroatoms. The van der Waals surface area contributed by atoms with E-state index in [4.69, 9.17) is 4.74 Å². The molecule has 3 fully saturated rings. The smallest absolute Gasteiger partial charge is 0.246 e. The van der Waals surface area contributed by atoms with Gasteiger partial charge in [-0.2, -0.15) is 0 Å². The van der Waals surface area contributed by atoms with Gasteiger partial charge in [0.25, 0.3) is 0 Å². The summed E-state index contributed by atoms with van der Waals surface area (Å²) in [7, 11) is 2.07. The van der Waals surface area contributed by atoms with Gasteiger partial charge in [0.05, 0.1) is 6.10 Å². The summed E-state index contributed by atoms with van der Waals surface area (Å²) in [6, 6.07) is 9.40. The maximum Gasteiger partial charge on any atom is 0.246 e. The molecule has 3 aliphatic rings. The van der Waals surface area contributed by atoms with E-state index in [1.165, 1.54) is 0 Å². The van der Waals surface area contributed by atoms with Crippen molar-refractivity contribution in [3.63, 3.8) is 0 Å². The Labute approximate surface area is 160 Å². The van der Waals surface area contributed by atoms with E-state index in [0.717, 1.165) is 38.1 Å². The van der Waals surface area contributed by atoms with Crippen LogP contribution < -0.4 is 5.32 Å². The van der Waals surface area contributed by atoms with Gasteiger partial charge in [0.15, 0.2) is 0 Å².